The number of ether oxygens (including phenoxy) is 3. The molecule has 0 spiro atoms. The fraction of sp³-hybridized carbons (Fsp3) is 0.333. The van der Waals surface area contributed by atoms with Crippen LogP contribution in [-0.2, 0) is 14.3 Å². The molecule has 1 heterocycles. The van der Waals surface area contributed by atoms with Crippen LogP contribution in [0.5, 0.6) is 11.5 Å². The molecule has 32 heavy (non-hydrogen) atoms. The summed E-state index contributed by atoms with van der Waals surface area (Å²) in [5, 5.41) is 11.5. The SMILES string of the molecule is CCOc1ccc(Cl)c(/C(O)=C2\C(=O)C(=O)N(CCCOC)C2c2ccccc2OC)c1. The maximum Gasteiger partial charge on any atom is 0.295 e. The third-order valence-electron chi connectivity index (χ3n) is 5.22. The highest BCUT2D eigenvalue weighted by atomic mass is 35.5. The van der Waals surface area contributed by atoms with Crippen LogP contribution < -0.4 is 9.47 Å². The topological polar surface area (TPSA) is 85.3 Å². The third-order valence-corrected chi connectivity index (χ3v) is 5.55. The molecule has 0 saturated carbocycles. The Hall–Kier alpha value is -3.03. The van der Waals surface area contributed by atoms with Crippen molar-refractivity contribution in [3.8, 4) is 11.5 Å². The maximum absolute atomic E-state index is 13.1. The highest BCUT2D eigenvalue weighted by Gasteiger charge is 2.47. The van der Waals surface area contributed by atoms with Gasteiger partial charge in [-0.15, -0.1) is 0 Å². The Balaban J connectivity index is 2.20. The molecular formula is C24H26ClNO6. The van der Waals surface area contributed by atoms with Crippen molar-refractivity contribution < 1.29 is 28.9 Å². The number of carbonyl (C=O) groups is 2. The van der Waals surface area contributed by atoms with Crippen molar-refractivity contribution in [2.24, 2.45) is 0 Å². The van der Waals surface area contributed by atoms with Crippen LogP contribution >= 0.6 is 11.6 Å². The van der Waals surface area contributed by atoms with E-state index in [1.807, 2.05) is 6.92 Å². The van der Waals surface area contributed by atoms with Crippen LogP contribution in [0.3, 0.4) is 0 Å². The molecule has 1 aliphatic heterocycles. The van der Waals surface area contributed by atoms with E-state index < -0.39 is 17.7 Å². The Labute approximate surface area is 192 Å². The minimum absolute atomic E-state index is 0.0486. The van der Waals surface area contributed by atoms with Gasteiger partial charge in [-0.05, 0) is 37.6 Å². The molecule has 0 aliphatic carbocycles. The van der Waals surface area contributed by atoms with Crippen LogP contribution in [0.15, 0.2) is 48.0 Å². The summed E-state index contributed by atoms with van der Waals surface area (Å²) in [6.07, 6.45) is 0.524. The van der Waals surface area contributed by atoms with Crippen molar-refractivity contribution in [2.45, 2.75) is 19.4 Å². The van der Waals surface area contributed by atoms with Gasteiger partial charge < -0.3 is 24.2 Å². The van der Waals surface area contributed by atoms with Crippen molar-refractivity contribution >= 4 is 29.1 Å². The first kappa shape index (κ1) is 23.6. The lowest BCUT2D eigenvalue weighted by molar-refractivity contribution is -0.140. The summed E-state index contributed by atoms with van der Waals surface area (Å²) >= 11 is 6.34. The van der Waals surface area contributed by atoms with Gasteiger partial charge in [0, 0.05) is 31.4 Å². The Morgan fingerprint density at radius 2 is 1.91 bits per heavy atom. The number of hydrogen-bond donors (Lipinski definition) is 1. The number of likely N-dealkylation sites (tertiary alicyclic amines) is 1. The van der Waals surface area contributed by atoms with E-state index in [2.05, 4.69) is 0 Å². The molecule has 2 aromatic carbocycles. The van der Waals surface area contributed by atoms with E-state index in [4.69, 9.17) is 25.8 Å². The molecule has 3 rings (SSSR count). The lowest BCUT2D eigenvalue weighted by Gasteiger charge is -2.26. The summed E-state index contributed by atoms with van der Waals surface area (Å²) in [7, 11) is 3.08. The predicted octanol–water partition coefficient (Wildman–Crippen LogP) is 4.21. The zero-order valence-corrected chi connectivity index (χ0v) is 19.0. The van der Waals surface area contributed by atoms with Gasteiger partial charge in [-0.25, -0.2) is 0 Å². The van der Waals surface area contributed by atoms with Gasteiger partial charge in [0.1, 0.15) is 17.3 Å². The van der Waals surface area contributed by atoms with Crippen LogP contribution in [0.2, 0.25) is 5.02 Å². The molecule has 1 aliphatic rings. The van der Waals surface area contributed by atoms with Crippen LogP contribution in [0.25, 0.3) is 5.76 Å². The summed E-state index contributed by atoms with van der Waals surface area (Å²) < 4.78 is 16.1. The molecule has 0 radical (unpaired) electrons. The van der Waals surface area contributed by atoms with Gasteiger partial charge in [0.2, 0.25) is 0 Å². The smallest absolute Gasteiger partial charge is 0.295 e. The molecule has 1 saturated heterocycles. The van der Waals surface area contributed by atoms with Gasteiger partial charge in [-0.3, -0.25) is 9.59 Å². The molecule has 1 unspecified atom stereocenters. The predicted molar refractivity (Wildman–Crippen MR) is 121 cm³/mol. The number of para-hydroxylation sites is 1. The first-order chi connectivity index (χ1) is 15.4. The first-order valence-electron chi connectivity index (χ1n) is 10.3. The van der Waals surface area contributed by atoms with Crippen LogP contribution in [0.1, 0.15) is 30.5 Å². The lowest BCUT2D eigenvalue weighted by atomic mass is 9.94. The number of Topliss-reactive ketones (excluding diaryl/α,β-unsaturated/α-hetero) is 1. The number of aliphatic hydroxyl groups is 1. The van der Waals surface area contributed by atoms with Gasteiger partial charge in [-0.2, -0.15) is 0 Å². The van der Waals surface area contributed by atoms with E-state index in [0.717, 1.165) is 0 Å². The number of carbonyl (C=O) groups excluding carboxylic acids is 2. The van der Waals surface area contributed by atoms with E-state index in [1.165, 1.54) is 12.0 Å². The maximum atomic E-state index is 13.1. The summed E-state index contributed by atoms with van der Waals surface area (Å²) in [5.74, 6) is -0.859. The molecule has 7 nitrogen and oxygen atoms in total. The summed E-state index contributed by atoms with van der Waals surface area (Å²) in [5.41, 5.74) is 0.755. The second-order valence-corrected chi connectivity index (χ2v) is 7.56. The normalized spacial score (nSPS) is 17.6. The number of amides is 1. The molecule has 170 valence electrons. The van der Waals surface area contributed by atoms with Gasteiger partial charge in [0.15, 0.2) is 0 Å². The van der Waals surface area contributed by atoms with Gasteiger partial charge in [0.25, 0.3) is 11.7 Å². The van der Waals surface area contributed by atoms with Crippen molar-refractivity contribution in [2.75, 3.05) is 34.0 Å². The Kier molecular flexibility index (Phi) is 7.77. The lowest BCUT2D eigenvalue weighted by Crippen LogP contribution is -2.31. The fourth-order valence-corrected chi connectivity index (χ4v) is 4.00. The second kappa shape index (κ2) is 10.5. The number of rotatable bonds is 9. The molecule has 1 N–H and O–H groups in total. The van der Waals surface area contributed by atoms with Crippen molar-refractivity contribution in [3.63, 3.8) is 0 Å². The van der Waals surface area contributed by atoms with Crippen LogP contribution in [0.4, 0.5) is 0 Å². The van der Waals surface area contributed by atoms with E-state index in [-0.39, 0.29) is 28.5 Å². The minimum Gasteiger partial charge on any atom is -0.507 e. The van der Waals surface area contributed by atoms with Crippen LogP contribution in [0, 0.1) is 0 Å². The Bertz CT molecular complexity index is 1030. The molecule has 1 fully saturated rings. The second-order valence-electron chi connectivity index (χ2n) is 7.16. The zero-order valence-electron chi connectivity index (χ0n) is 18.3. The third kappa shape index (κ3) is 4.59. The summed E-state index contributed by atoms with van der Waals surface area (Å²) in [6.45, 7) is 2.95. The van der Waals surface area contributed by atoms with E-state index in [0.29, 0.717) is 36.7 Å². The summed E-state index contributed by atoms with van der Waals surface area (Å²) in [6, 6.07) is 11.1. The summed E-state index contributed by atoms with van der Waals surface area (Å²) in [4.78, 5) is 27.5. The fourth-order valence-electron chi connectivity index (χ4n) is 3.79. The number of benzene rings is 2. The Morgan fingerprint density at radius 1 is 1.16 bits per heavy atom. The number of hydrogen-bond acceptors (Lipinski definition) is 6. The highest BCUT2D eigenvalue weighted by molar-refractivity contribution is 6.47. The number of ketones is 1. The average Bonchev–Trinajstić information content (AvgIpc) is 3.05. The van der Waals surface area contributed by atoms with Crippen molar-refractivity contribution in [1.29, 1.82) is 0 Å². The Morgan fingerprint density at radius 3 is 2.59 bits per heavy atom. The van der Waals surface area contributed by atoms with E-state index >= 15 is 0 Å². The number of aliphatic hydroxyl groups excluding tert-OH is 1. The van der Waals surface area contributed by atoms with Crippen molar-refractivity contribution in [3.05, 3.63) is 64.2 Å². The largest absolute Gasteiger partial charge is 0.507 e. The van der Waals surface area contributed by atoms with E-state index in [9.17, 15) is 14.7 Å². The van der Waals surface area contributed by atoms with E-state index in [1.54, 1.807) is 49.6 Å². The molecule has 1 amide bonds. The molecule has 0 aromatic heterocycles. The van der Waals surface area contributed by atoms with Gasteiger partial charge in [-0.1, -0.05) is 29.8 Å². The number of halogens is 1. The standard InChI is InChI=1S/C24H26ClNO6/c1-4-32-15-10-11-18(25)17(14-15)22(27)20-21(16-8-5-6-9-19(16)31-3)26(12-7-13-30-2)24(29)23(20)28/h5-6,8-11,14,21,27H,4,7,12-13H2,1-3H3/b22-20+. The average molecular weight is 460 g/mol. The highest BCUT2D eigenvalue weighted by Crippen LogP contribution is 2.43. The minimum atomic E-state index is -0.838. The first-order valence-corrected chi connectivity index (χ1v) is 10.6. The van der Waals surface area contributed by atoms with Crippen LogP contribution in [-0.4, -0.2) is 55.7 Å². The molecular weight excluding hydrogens is 434 g/mol. The van der Waals surface area contributed by atoms with Gasteiger partial charge in [0.05, 0.1) is 30.4 Å². The molecule has 8 heteroatoms. The van der Waals surface area contributed by atoms with Crippen molar-refractivity contribution in [1.82, 2.24) is 4.90 Å². The quantitative estimate of drug-likeness (QED) is 0.262. The number of nitrogens with zero attached hydrogens (tertiary/aromatic N) is 1. The zero-order chi connectivity index (χ0) is 23.3. The molecule has 2 aromatic rings. The monoisotopic (exact) mass is 459 g/mol. The number of methoxy groups -OCH3 is 2. The molecule has 0 bridgehead atoms. The molecule has 1 atom stereocenters. The van der Waals surface area contributed by atoms with Gasteiger partial charge >= 0.3 is 0 Å².